The molecule has 0 aliphatic heterocycles. The minimum Gasteiger partial charge on any atom is -0.456 e. The van der Waals surface area contributed by atoms with Gasteiger partial charge < -0.3 is 13.9 Å². The first-order chi connectivity index (χ1) is 37.2. The lowest BCUT2D eigenvalue weighted by atomic mass is 9.95. The summed E-state index contributed by atoms with van der Waals surface area (Å²) >= 11 is 0. The van der Waals surface area contributed by atoms with Gasteiger partial charge in [-0.15, -0.1) is 0 Å². The Balaban J connectivity index is 0.805. The van der Waals surface area contributed by atoms with Crippen LogP contribution < -0.4 is 4.90 Å². The van der Waals surface area contributed by atoms with Crippen molar-refractivity contribution >= 4 is 71.5 Å². The van der Waals surface area contributed by atoms with Gasteiger partial charge in [0.25, 0.3) is 0 Å². The second-order valence-electron chi connectivity index (χ2n) is 19.3. The number of rotatable bonds is 9. The number of fused-ring (bicyclic) bond motifs is 7. The summed E-state index contributed by atoms with van der Waals surface area (Å²) < 4.78 is 8.70. The lowest BCUT2D eigenvalue weighted by Crippen LogP contribution is -2.28. The normalized spacial score (nSPS) is 14.6. The highest BCUT2D eigenvalue weighted by Gasteiger charge is 2.21. The Bertz CT molecular complexity index is 4390. The van der Waals surface area contributed by atoms with Gasteiger partial charge in [-0.05, 0) is 134 Å². The van der Waals surface area contributed by atoms with Gasteiger partial charge in [-0.1, -0.05) is 212 Å². The summed E-state index contributed by atoms with van der Waals surface area (Å²) in [7, 11) is 0. The molecule has 1 aliphatic carbocycles. The molecule has 2 aromatic heterocycles. The monoisotopic (exact) mass is 956 g/mol. The molecule has 1 atom stereocenters. The van der Waals surface area contributed by atoms with Crippen LogP contribution in [0.5, 0.6) is 0 Å². The maximum atomic E-state index is 6.30. The molecule has 0 saturated heterocycles. The number of hydrogen-bond donors (Lipinski definition) is 0. The summed E-state index contributed by atoms with van der Waals surface area (Å²) in [5, 5.41) is 7.25. The van der Waals surface area contributed by atoms with E-state index >= 15 is 0 Å². The molecule has 75 heavy (non-hydrogen) atoms. The van der Waals surface area contributed by atoms with Crippen molar-refractivity contribution in [1.82, 2.24) is 4.57 Å². The summed E-state index contributed by atoms with van der Waals surface area (Å²) in [6.07, 6.45) is 7.42. The van der Waals surface area contributed by atoms with Crippen LogP contribution in [-0.2, 0) is 0 Å². The highest BCUT2D eigenvalue weighted by atomic mass is 16.3. The fourth-order valence-electron chi connectivity index (χ4n) is 11.3. The van der Waals surface area contributed by atoms with Crippen LogP contribution in [-0.4, -0.2) is 10.6 Å². The van der Waals surface area contributed by atoms with Crippen LogP contribution in [0.3, 0.4) is 0 Å². The molecule has 0 amide bonds. The third-order valence-corrected chi connectivity index (χ3v) is 14.9. The van der Waals surface area contributed by atoms with E-state index in [1.165, 1.54) is 60.4 Å². The van der Waals surface area contributed by atoms with E-state index in [9.17, 15) is 0 Å². The second kappa shape index (κ2) is 18.6. The average Bonchev–Trinajstić information content (AvgIpc) is 4.04. The third-order valence-electron chi connectivity index (χ3n) is 14.9. The molecule has 0 N–H and O–H groups in total. The topological polar surface area (TPSA) is 21.3 Å². The van der Waals surface area contributed by atoms with E-state index in [1.54, 1.807) is 0 Å². The van der Waals surface area contributed by atoms with Gasteiger partial charge in [0, 0.05) is 44.9 Å². The van der Waals surface area contributed by atoms with E-state index in [4.69, 9.17) is 4.42 Å². The van der Waals surface area contributed by atoms with Gasteiger partial charge in [-0.3, -0.25) is 0 Å². The number of nitrogens with zero attached hydrogens (tertiary/aromatic N) is 2. The molecule has 0 radical (unpaired) electrons. The molecule has 0 spiro atoms. The fourth-order valence-corrected chi connectivity index (χ4v) is 11.3. The fraction of sp³-hybridized carbons (Fsp3) is 0.0278. The van der Waals surface area contributed by atoms with E-state index in [2.05, 4.69) is 282 Å². The van der Waals surface area contributed by atoms with Gasteiger partial charge in [0.15, 0.2) is 0 Å². The molecule has 352 valence electrons. The van der Waals surface area contributed by atoms with Crippen molar-refractivity contribution in [1.29, 1.82) is 0 Å². The summed E-state index contributed by atoms with van der Waals surface area (Å²) in [4.78, 5) is 2.37. The number of aromatic nitrogens is 1. The van der Waals surface area contributed by atoms with E-state index < -0.39 is 0 Å². The highest BCUT2D eigenvalue weighted by Crippen LogP contribution is 2.40. The molecule has 1 unspecified atom stereocenters. The van der Waals surface area contributed by atoms with Crippen molar-refractivity contribution in [2.45, 2.75) is 12.5 Å². The highest BCUT2D eigenvalue weighted by molar-refractivity contribution is 6.13. The van der Waals surface area contributed by atoms with E-state index in [0.29, 0.717) is 6.42 Å². The molecule has 13 aromatic rings. The first-order valence-corrected chi connectivity index (χ1v) is 25.7. The Morgan fingerprint density at radius 2 is 0.960 bits per heavy atom. The molecular formula is C72H48N2O. The molecule has 11 aromatic carbocycles. The number of anilines is 2. The standard InChI is InChI=1S/C72H48N2O/c1-2-17-55-48-58(36-33-49(55)15-1)57-19-13-18-56(47-57)50-16-3-4-20-59(42-37-50)73(61-45-40-54(41-46-61)63-25-14-30-71-72(63)66-24-8-12-29-70(66)75-71)60-43-38-52(39-44-60)51-31-34-53(35-32-51)62-21-5-9-26-67(62)74-68-27-10-6-22-64(68)65-23-7-11-28-69(65)74/h1-2,5-19,21-48,59H,3H2/b42-37-,50-16+. The molecule has 0 fully saturated rings. The Hall–Kier alpha value is -9.88. The predicted molar refractivity (Wildman–Crippen MR) is 316 cm³/mol. The van der Waals surface area contributed by atoms with Crippen molar-refractivity contribution < 1.29 is 4.42 Å². The van der Waals surface area contributed by atoms with Crippen LogP contribution in [0.2, 0.25) is 0 Å². The summed E-state index contributed by atoms with van der Waals surface area (Å²) in [5.41, 5.74) is 19.1. The van der Waals surface area contributed by atoms with E-state index in [1.807, 2.05) is 12.1 Å². The Morgan fingerprint density at radius 1 is 0.413 bits per heavy atom. The van der Waals surface area contributed by atoms with E-state index in [0.717, 1.165) is 66.8 Å². The van der Waals surface area contributed by atoms with Gasteiger partial charge >= 0.3 is 0 Å². The number of para-hydroxylation sites is 4. The van der Waals surface area contributed by atoms with Crippen molar-refractivity contribution in [2.24, 2.45) is 0 Å². The van der Waals surface area contributed by atoms with Crippen molar-refractivity contribution in [2.75, 3.05) is 4.90 Å². The van der Waals surface area contributed by atoms with Crippen molar-refractivity contribution in [3.05, 3.63) is 279 Å². The molecule has 2 heterocycles. The smallest absolute Gasteiger partial charge is 0.136 e. The summed E-state index contributed by atoms with van der Waals surface area (Å²) in [5.74, 6) is 7.21. The number of benzene rings is 11. The zero-order valence-electron chi connectivity index (χ0n) is 41.1. The minimum atomic E-state index is -0.246. The van der Waals surface area contributed by atoms with Crippen LogP contribution in [0, 0.1) is 11.8 Å². The van der Waals surface area contributed by atoms with Crippen LogP contribution in [0.4, 0.5) is 11.4 Å². The molecule has 14 rings (SSSR count). The molecule has 3 heteroatoms. The second-order valence-corrected chi connectivity index (χ2v) is 19.3. The van der Waals surface area contributed by atoms with Gasteiger partial charge in [0.05, 0.1) is 16.7 Å². The van der Waals surface area contributed by atoms with E-state index in [-0.39, 0.29) is 6.04 Å². The van der Waals surface area contributed by atoms with Gasteiger partial charge in [0.2, 0.25) is 0 Å². The van der Waals surface area contributed by atoms with Gasteiger partial charge in [-0.25, -0.2) is 0 Å². The zero-order chi connectivity index (χ0) is 49.7. The molecule has 1 aliphatic rings. The third kappa shape index (κ3) is 7.98. The lowest BCUT2D eigenvalue weighted by Gasteiger charge is -2.30. The number of allylic oxidation sites excluding steroid dienone is 3. The van der Waals surface area contributed by atoms with Crippen LogP contribution in [0.1, 0.15) is 12.0 Å². The predicted octanol–water partition coefficient (Wildman–Crippen LogP) is 19.1. The number of hydrogen-bond acceptors (Lipinski definition) is 2. The Morgan fingerprint density at radius 3 is 1.73 bits per heavy atom. The molecular weight excluding hydrogens is 909 g/mol. The van der Waals surface area contributed by atoms with Crippen LogP contribution in [0.25, 0.3) is 110 Å². The Kier molecular flexibility index (Phi) is 10.9. The van der Waals surface area contributed by atoms with Crippen LogP contribution in [0.15, 0.2) is 277 Å². The largest absolute Gasteiger partial charge is 0.456 e. The van der Waals surface area contributed by atoms with Crippen molar-refractivity contribution in [3.8, 4) is 62.0 Å². The summed E-state index contributed by atoms with van der Waals surface area (Å²) in [6.45, 7) is 0. The molecule has 0 bridgehead atoms. The maximum Gasteiger partial charge on any atom is 0.136 e. The van der Waals surface area contributed by atoms with Crippen molar-refractivity contribution in [3.63, 3.8) is 0 Å². The number of furan rings is 1. The minimum absolute atomic E-state index is 0.246. The quantitative estimate of drug-likeness (QED) is 0.134. The average molecular weight is 957 g/mol. The molecule has 0 saturated carbocycles. The van der Waals surface area contributed by atoms with Crippen LogP contribution >= 0.6 is 0 Å². The summed E-state index contributed by atoms with van der Waals surface area (Å²) in [6, 6.07) is 91.6. The maximum absolute atomic E-state index is 6.30. The SMILES string of the molecule is C1#CC(N(c2ccc(-c3ccc(-c4ccccc4-n4c5ccccc5c5ccccc54)cc3)cc2)c2ccc(-c3cccc4oc5ccccc5c34)cc2)/C=C\C(c2cccc(-c3ccc4ccccc4c3)c2)=C/C1. The van der Waals surface area contributed by atoms with Gasteiger partial charge in [0.1, 0.15) is 17.2 Å². The first kappa shape index (κ1) is 43.9. The van der Waals surface area contributed by atoms with Gasteiger partial charge in [-0.2, -0.15) is 0 Å². The lowest BCUT2D eigenvalue weighted by molar-refractivity contribution is 0.669. The Labute approximate surface area is 436 Å². The first-order valence-electron chi connectivity index (χ1n) is 25.7. The zero-order valence-corrected chi connectivity index (χ0v) is 41.1. The molecule has 3 nitrogen and oxygen atoms in total.